The van der Waals surface area contributed by atoms with Gasteiger partial charge >= 0.3 is 0 Å². The van der Waals surface area contributed by atoms with Gasteiger partial charge in [0, 0.05) is 16.1 Å². The van der Waals surface area contributed by atoms with E-state index >= 15 is 0 Å². The number of nitrogens with one attached hydrogen (secondary N) is 1. The van der Waals surface area contributed by atoms with Crippen LogP contribution in [0.2, 0.25) is 5.02 Å². The van der Waals surface area contributed by atoms with Gasteiger partial charge in [0.25, 0.3) is 5.91 Å². The van der Waals surface area contributed by atoms with E-state index in [1.807, 2.05) is 18.2 Å². The zero-order valence-corrected chi connectivity index (χ0v) is 12.9. The molecule has 22 heavy (non-hydrogen) atoms. The number of fused-ring (bicyclic) bond motifs is 1. The number of aromatic nitrogens is 1. The van der Waals surface area contributed by atoms with E-state index in [0.29, 0.717) is 15.7 Å². The van der Waals surface area contributed by atoms with Gasteiger partial charge in [-0.2, -0.15) is 5.10 Å². The molecule has 110 valence electrons. The summed E-state index contributed by atoms with van der Waals surface area (Å²) in [4.78, 5) is 16.2. The van der Waals surface area contributed by atoms with Gasteiger partial charge in [-0.25, -0.2) is 10.4 Å². The molecule has 7 heteroatoms. The third kappa shape index (κ3) is 3.08. The summed E-state index contributed by atoms with van der Waals surface area (Å²) in [6, 6.07) is 12.4. The maximum absolute atomic E-state index is 12.1. The first kappa shape index (κ1) is 14.5. The second-order valence-electron chi connectivity index (χ2n) is 4.46. The number of carbonyl (C=O) groups is 1. The van der Waals surface area contributed by atoms with E-state index in [4.69, 9.17) is 17.3 Å². The summed E-state index contributed by atoms with van der Waals surface area (Å²) < 4.78 is 0.861. The third-order valence-electron chi connectivity index (χ3n) is 2.94. The molecule has 1 amide bonds. The maximum atomic E-state index is 12.1. The number of hydrazone groups is 1. The Morgan fingerprint density at radius 1 is 1.32 bits per heavy atom. The van der Waals surface area contributed by atoms with Crippen LogP contribution < -0.4 is 11.2 Å². The topological polar surface area (TPSA) is 80.4 Å². The normalized spacial score (nSPS) is 11.1. The van der Waals surface area contributed by atoms with E-state index in [1.54, 1.807) is 24.3 Å². The van der Waals surface area contributed by atoms with Crippen LogP contribution in [0.1, 0.15) is 15.9 Å². The molecule has 0 aliphatic rings. The van der Waals surface area contributed by atoms with Gasteiger partial charge in [0.1, 0.15) is 0 Å². The van der Waals surface area contributed by atoms with Crippen LogP contribution in [0.4, 0.5) is 5.13 Å². The fourth-order valence-corrected chi connectivity index (χ4v) is 2.85. The number of nitrogens with zero attached hydrogens (tertiary/aromatic N) is 2. The number of benzene rings is 2. The van der Waals surface area contributed by atoms with Crippen molar-refractivity contribution in [1.29, 1.82) is 0 Å². The molecule has 1 heterocycles. The van der Waals surface area contributed by atoms with Crippen molar-refractivity contribution in [2.75, 3.05) is 5.73 Å². The zero-order chi connectivity index (χ0) is 15.5. The minimum absolute atomic E-state index is 0.308. The highest BCUT2D eigenvalue weighted by atomic mass is 35.5. The van der Waals surface area contributed by atoms with E-state index < -0.39 is 0 Å². The van der Waals surface area contributed by atoms with Crippen LogP contribution in [0.3, 0.4) is 0 Å². The van der Waals surface area contributed by atoms with Gasteiger partial charge in [0.2, 0.25) is 0 Å². The van der Waals surface area contributed by atoms with Crippen molar-refractivity contribution < 1.29 is 4.79 Å². The second kappa shape index (κ2) is 6.13. The van der Waals surface area contributed by atoms with Crippen LogP contribution in [0.15, 0.2) is 47.6 Å². The van der Waals surface area contributed by atoms with Gasteiger partial charge in [-0.05, 0) is 24.3 Å². The summed E-state index contributed by atoms with van der Waals surface area (Å²) in [5, 5.41) is 4.97. The summed E-state index contributed by atoms with van der Waals surface area (Å²) in [7, 11) is 0. The lowest BCUT2D eigenvalue weighted by atomic mass is 10.2. The standard InChI is InChI=1S/C15H11ClN4OS/c16-11-4-2-1-3-10(11)8-18-20-14(21)9-5-6-12-13(7-9)22-15(17)19-12/h1-8H,(H2,17,19)(H,20,21)/b18-8-. The Morgan fingerprint density at radius 2 is 2.14 bits per heavy atom. The Labute approximate surface area is 135 Å². The quantitative estimate of drug-likeness (QED) is 0.571. The van der Waals surface area contributed by atoms with Crippen molar-refractivity contribution in [3.05, 3.63) is 58.6 Å². The highest BCUT2D eigenvalue weighted by Crippen LogP contribution is 2.24. The number of nitrogen functional groups attached to an aromatic ring is 1. The van der Waals surface area contributed by atoms with Gasteiger partial charge in [-0.1, -0.05) is 41.1 Å². The molecule has 0 atom stereocenters. The molecule has 5 nitrogen and oxygen atoms in total. The number of hydrogen-bond donors (Lipinski definition) is 2. The summed E-state index contributed by atoms with van der Waals surface area (Å²) in [6.07, 6.45) is 1.50. The number of halogens is 1. The van der Waals surface area contributed by atoms with E-state index in [-0.39, 0.29) is 5.91 Å². The first-order valence-corrected chi connectivity index (χ1v) is 7.57. The molecular formula is C15H11ClN4OS. The molecule has 0 spiro atoms. The van der Waals surface area contributed by atoms with E-state index in [9.17, 15) is 4.79 Å². The summed E-state index contributed by atoms with van der Waals surface area (Å²) in [5.74, 6) is -0.308. The minimum atomic E-state index is -0.308. The van der Waals surface area contributed by atoms with Gasteiger partial charge in [0.15, 0.2) is 5.13 Å². The van der Waals surface area contributed by atoms with Crippen LogP contribution in [-0.2, 0) is 0 Å². The van der Waals surface area contributed by atoms with Crippen molar-refractivity contribution in [2.45, 2.75) is 0 Å². The van der Waals surface area contributed by atoms with Crippen LogP contribution in [0.5, 0.6) is 0 Å². The van der Waals surface area contributed by atoms with E-state index in [2.05, 4.69) is 15.5 Å². The molecule has 0 fully saturated rings. The summed E-state index contributed by atoms with van der Waals surface area (Å²) in [5.41, 5.74) is 10.1. The SMILES string of the molecule is Nc1nc2ccc(C(=O)N/N=C\c3ccccc3Cl)cc2s1. The molecule has 3 rings (SSSR count). The van der Waals surface area contributed by atoms with Crippen LogP contribution in [0, 0.1) is 0 Å². The lowest BCUT2D eigenvalue weighted by Gasteiger charge is -2.00. The second-order valence-corrected chi connectivity index (χ2v) is 5.92. The lowest BCUT2D eigenvalue weighted by molar-refractivity contribution is 0.0955. The lowest BCUT2D eigenvalue weighted by Crippen LogP contribution is -2.17. The van der Waals surface area contributed by atoms with Crippen molar-refractivity contribution in [3.8, 4) is 0 Å². The van der Waals surface area contributed by atoms with Crippen molar-refractivity contribution in [1.82, 2.24) is 10.4 Å². The smallest absolute Gasteiger partial charge is 0.271 e. The molecule has 0 saturated heterocycles. The van der Waals surface area contributed by atoms with Gasteiger partial charge in [-0.15, -0.1) is 0 Å². The Kier molecular flexibility index (Phi) is 4.04. The number of hydrogen-bond acceptors (Lipinski definition) is 5. The molecule has 1 aromatic heterocycles. The Bertz CT molecular complexity index is 875. The molecule has 0 bridgehead atoms. The van der Waals surface area contributed by atoms with Gasteiger partial charge in [-0.3, -0.25) is 4.79 Å². The molecule has 0 saturated carbocycles. The molecular weight excluding hydrogens is 320 g/mol. The van der Waals surface area contributed by atoms with Crippen LogP contribution >= 0.6 is 22.9 Å². The molecule has 3 N–H and O–H groups in total. The summed E-state index contributed by atoms with van der Waals surface area (Å²) in [6.45, 7) is 0. The van der Waals surface area contributed by atoms with E-state index in [1.165, 1.54) is 17.6 Å². The number of carbonyl (C=O) groups excluding carboxylic acids is 1. The number of anilines is 1. The predicted molar refractivity (Wildman–Crippen MR) is 90.5 cm³/mol. The molecule has 3 aromatic rings. The summed E-state index contributed by atoms with van der Waals surface area (Å²) >= 11 is 7.34. The van der Waals surface area contributed by atoms with Crippen LogP contribution in [0.25, 0.3) is 10.2 Å². The van der Waals surface area contributed by atoms with E-state index in [0.717, 1.165) is 15.8 Å². The molecule has 2 aromatic carbocycles. The first-order valence-electron chi connectivity index (χ1n) is 6.37. The average Bonchev–Trinajstić information content (AvgIpc) is 2.88. The Morgan fingerprint density at radius 3 is 2.95 bits per heavy atom. The number of nitrogens with two attached hydrogens (primary N) is 1. The highest BCUT2D eigenvalue weighted by molar-refractivity contribution is 7.22. The van der Waals surface area contributed by atoms with Crippen molar-refractivity contribution >= 4 is 50.4 Å². The van der Waals surface area contributed by atoms with Gasteiger partial charge in [0.05, 0.1) is 16.4 Å². The zero-order valence-electron chi connectivity index (χ0n) is 11.3. The van der Waals surface area contributed by atoms with Crippen molar-refractivity contribution in [2.24, 2.45) is 5.10 Å². The largest absolute Gasteiger partial charge is 0.375 e. The third-order valence-corrected chi connectivity index (χ3v) is 4.13. The highest BCUT2D eigenvalue weighted by Gasteiger charge is 2.08. The number of thiazole rings is 1. The maximum Gasteiger partial charge on any atom is 0.271 e. The molecule has 0 aliphatic heterocycles. The fraction of sp³-hybridized carbons (Fsp3) is 0. The van der Waals surface area contributed by atoms with Crippen molar-refractivity contribution in [3.63, 3.8) is 0 Å². The molecule has 0 radical (unpaired) electrons. The number of amides is 1. The Balaban J connectivity index is 1.74. The average molecular weight is 331 g/mol. The minimum Gasteiger partial charge on any atom is -0.375 e. The first-order chi connectivity index (χ1) is 10.6. The monoisotopic (exact) mass is 330 g/mol. The van der Waals surface area contributed by atoms with Gasteiger partial charge < -0.3 is 5.73 Å². The van der Waals surface area contributed by atoms with Crippen LogP contribution in [-0.4, -0.2) is 17.1 Å². The fourth-order valence-electron chi connectivity index (χ4n) is 1.89. The molecule has 0 unspecified atom stereocenters. The number of rotatable bonds is 3. The predicted octanol–water partition coefficient (Wildman–Crippen LogP) is 3.30. The Hall–Kier alpha value is -2.44. The molecule has 0 aliphatic carbocycles.